The highest BCUT2D eigenvalue weighted by molar-refractivity contribution is 5.76. The number of carbonyl (C=O) groups excluding carboxylic acids is 1. The summed E-state index contributed by atoms with van der Waals surface area (Å²) in [4.78, 5) is 18.2. The van der Waals surface area contributed by atoms with Gasteiger partial charge in [-0.05, 0) is 47.9 Å². The lowest BCUT2D eigenvalue weighted by atomic mass is 9.97. The molecule has 1 aliphatic rings. The molecular formula is C24H22FNO3. The third kappa shape index (κ3) is 4.15. The Bertz CT molecular complexity index is 958. The number of carbonyl (C=O) groups is 1. The first-order valence-corrected chi connectivity index (χ1v) is 9.69. The number of rotatable bonds is 5. The molecule has 4 nitrogen and oxygen atoms in total. The van der Waals surface area contributed by atoms with Crippen LogP contribution in [0.4, 0.5) is 10.1 Å². The minimum atomic E-state index is -0.696. The zero-order chi connectivity index (χ0) is 20.2. The number of hydrogen-bond donors (Lipinski definition) is 0. The van der Waals surface area contributed by atoms with Gasteiger partial charge in [0, 0.05) is 6.42 Å². The zero-order valence-electron chi connectivity index (χ0n) is 16.1. The van der Waals surface area contributed by atoms with Gasteiger partial charge in [0.25, 0.3) is 0 Å². The van der Waals surface area contributed by atoms with Crippen LogP contribution in [0.3, 0.4) is 0 Å². The largest absolute Gasteiger partial charge is 0.464 e. The highest BCUT2D eigenvalue weighted by Crippen LogP contribution is 2.39. The summed E-state index contributed by atoms with van der Waals surface area (Å²) in [5.41, 5.74) is 3.96. The fourth-order valence-corrected chi connectivity index (χ4v) is 3.56. The molecule has 0 saturated carbocycles. The van der Waals surface area contributed by atoms with Crippen LogP contribution in [0, 0.1) is 5.82 Å². The van der Waals surface area contributed by atoms with Crippen LogP contribution in [0.15, 0.2) is 78.9 Å². The van der Waals surface area contributed by atoms with E-state index >= 15 is 0 Å². The lowest BCUT2D eigenvalue weighted by Crippen LogP contribution is -2.26. The molecule has 148 valence electrons. The standard InChI is InChI=1S/C24H22FNO3/c1-2-28-24(27)23-16-22(26(29-23)21-14-12-20(25)13-15-21)19-10-8-18(9-11-19)17-6-4-3-5-7-17/h3-15,22-23H,2,16H2,1H3. The van der Waals surface area contributed by atoms with Gasteiger partial charge >= 0.3 is 5.97 Å². The molecule has 29 heavy (non-hydrogen) atoms. The number of nitrogens with zero attached hydrogens (tertiary/aromatic N) is 1. The molecule has 0 amide bonds. The molecular weight excluding hydrogens is 369 g/mol. The fourth-order valence-electron chi connectivity index (χ4n) is 3.56. The van der Waals surface area contributed by atoms with E-state index in [0.717, 1.165) is 16.7 Å². The van der Waals surface area contributed by atoms with Crippen LogP contribution in [0.5, 0.6) is 0 Å². The van der Waals surface area contributed by atoms with E-state index in [-0.39, 0.29) is 17.8 Å². The number of ether oxygens (including phenoxy) is 1. The van der Waals surface area contributed by atoms with E-state index in [4.69, 9.17) is 9.57 Å². The van der Waals surface area contributed by atoms with Gasteiger partial charge < -0.3 is 4.74 Å². The smallest absolute Gasteiger partial charge is 0.338 e. The highest BCUT2D eigenvalue weighted by atomic mass is 19.1. The Balaban J connectivity index is 1.63. The third-order valence-electron chi connectivity index (χ3n) is 4.99. The van der Waals surface area contributed by atoms with Gasteiger partial charge in [-0.2, -0.15) is 0 Å². The van der Waals surface area contributed by atoms with Crippen molar-refractivity contribution in [2.24, 2.45) is 0 Å². The predicted octanol–water partition coefficient (Wildman–Crippen LogP) is 5.31. The molecule has 1 saturated heterocycles. The molecule has 3 aromatic carbocycles. The molecule has 4 rings (SSSR count). The van der Waals surface area contributed by atoms with Gasteiger partial charge in [0.2, 0.25) is 0 Å². The lowest BCUT2D eigenvalue weighted by Gasteiger charge is -2.25. The molecule has 0 aliphatic carbocycles. The quantitative estimate of drug-likeness (QED) is 0.553. The van der Waals surface area contributed by atoms with Crippen LogP contribution in [-0.2, 0) is 14.4 Å². The van der Waals surface area contributed by atoms with Crippen molar-refractivity contribution in [3.05, 3.63) is 90.2 Å². The van der Waals surface area contributed by atoms with Crippen LogP contribution in [0.2, 0.25) is 0 Å². The Kier molecular flexibility index (Phi) is 5.58. The normalized spacial score (nSPS) is 18.6. The van der Waals surface area contributed by atoms with Crippen molar-refractivity contribution in [1.29, 1.82) is 0 Å². The predicted molar refractivity (Wildman–Crippen MR) is 110 cm³/mol. The molecule has 1 aliphatic heterocycles. The maximum absolute atomic E-state index is 13.4. The van der Waals surface area contributed by atoms with Gasteiger partial charge in [-0.25, -0.2) is 14.2 Å². The van der Waals surface area contributed by atoms with Gasteiger partial charge in [-0.3, -0.25) is 4.84 Å². The Morgan fingerprint density at radius 1 is 1.00 bits per heavy atom. The first kappa shape index (κ1) is 19.2. The van der Waals surface area contributed by atoms with Crippen LogP contribution in [0.1, 0.15) is 24.9 Å². The SMILES string of the molecule is CCOC(=O)C1CC(c2ccc(-c3ccccc3)cc2)N(c2ccc(F)cc2)O1. The van der Waals surface area contributed by atoms with E-state index in [1.54, 1.807) is 24.1 Å². The first-order valence-electron chi connectivity index (χ1n) is 9.69. The van der Waals surface area contributed by atoms with Crippen molar-refractivity contribution in [2.45, 2.75) is 25.5 Å². The summed E-state index contributed by atoms with van der Waals surface area (Å²) in [7, 11) is 0. The average molecular weight is 391 g/mol. The van der Waals surface area contributed by atoms with E-state index < -0.39 is 6.10 Å². The molecule has 0 bridgehead atoms. The van der Waals surface area contributed by atoms with Gasteiger partial charge in [0.15, 0.2) is 6.10 Å². The second-order valence-electron chi connectivity index (χ2n) is 6.89. The zero-order valence-corrected chi connectivity index (χ0v) is 16.1. The van der Waals surface area contributed by atoms with Gasteiger partial charge in [0.05, 0.1) is 18.3 Å². The second kappa shape index (κ2) is 8.45. The maximum atomic E-state index is 13.4. The van der Waals surface area contributed by atoms with Gasteiger partial charge in [0.1, 0.15) is 5.82 Å². The summed E-state index contributed by atoms with van der Waals surface area (Å²) < 4.78 is 18.5. The third-order valence-corrected chi connectivity index (χ3v) is 4.99. The van der Waals surface area contributed by atoms with E-state index in [0.29, 0.717) is 18.7 Å². The molecule has 1 fully saturated rings. The molecule has 0 aromatic heterocycles. The lowest BCUT2D eigenvalue weighted by molar-refractivity contribution is -0.154. The fraction of sp³-hybridized carbons (Fsp3) is 0.208. The Labute approximate surface area is 169 Å². The van der Waals surface area contributed by atoms with E-state index in [2.05, 4.69) is 24.3 Å². The summed E-state index contributed by atoms with van der Waals surface area (Å²) in [6, 6.07) is 24.2. The number of esters is 1. The molecule has 2 atom stereocenters. The summed E-state index contributed by atoms with van der Waals surface area (Å²) in [5.74, 6) is -0.707. The number of hydrogen-bond acceptors (Lipinski definition) is 4. The van der Waals surface area contributed by atoms with E-state index in [1.807, 2.05) is 30.3 Å². The van der Waals surface area contributed by atoms with E-state index in [9.17, 15) is 9.18 Å². The highest BCUT2D eigenvalue weighted by Gasteiger charge is 2.39. The molecule has 5 heteroatoms. The van der Waals surface area contributed by atoms with Gasteiger partial charge in [-0.1, -0.05) is 54.6 Å². The number of anilines is 1. The summed E-state index contributed by atoms with van der Waals surface area (Å²) in [6.45, 7) is 2.07. The van der Waals surface area contributed by atoms with Gasteiger partial charge in [-0.15, -0.1) is 0 Å². The minimum Gasteiger partial charge on any atom is -0.464 e. The minimum absolute atomic E-state index is 0.181. The molecule has 2 unspecified atom stereocenters. The number of halogens is 1. The Morgan fingerprint density at radius 2 is 1.66 bits per heavy atom. The van der Waals surface area contributed by atoms with E-state index in [1.165, 1.54) is 12.1 Å². The van der Waals surface area contributed by atoms with Crippen LogP contribution in [0.25, 0.3) is 11.1 Å². The summed E-state index contributed by atoms with van der Waals surface area (Å²) in [5, 5.41) is 1.68. The van der Waals surface area contributed by atoms with Crippen molar-refractivity contribution in [1.82, 2.24) is 0 Å². The van der Waals surface area contributed by atoms with Crippen LogP contribution in [-0.4, -0.2) is 18.7 Å². The molecule has 1 heterocycles. The number of benzene rings is 3. The monoisotopic (exact) mass is 391 g/mol. The molecule has 0 N–H and O–H groups in total. The first-order chi connectivity index (χ1) is 14.2. The average Bonchev–Trinajstić information content (AvgIpc) is 3.21. The van der Waals surface area contributed by atoms with Crippen molar-refractivity contribution in [2.75, 3.05) is 11.7 Å². The second-order valence-corrected chi connectivity index (χ2v) is 6.89. The maximum Gasteiger partial charge on any atom is 0.338 e. The van der Waals surface area contributed by atoms with Crippen molar-refractivity contribution < 1.29 is 18.8 Å². The van der Waals surface area contributed by atoms with Crippen molar-refractivity contribution >= 4 is 11.7 Å². The molecule has 0 spiro atoms. The van der Waals surface area contributed by atoms with Crippen LogP contribution >= 0.6 is 0 Å². The van der Waals surface area contributed by atoms with Crippen LogP contribution < -0.4 is 5.06 Å². The number of hydroxylamine groups is 1. The Hall–Kier alpha value is -3.18. The topological polar surface area (TPSA) is 38.8 Å². The summed E-state index contributed by atoms with van der Waals surface area (Å²) >= 11 is 0. The van der Waals surface area contributed by atoms with Crippen molar-refractivity contribution in [3.8, 4) is 11.1 Å². The summed E-state index contributed by atoms with van der Waals surface area (Å²) in [6.07, 6.45) is -0.236. The molecule has 0 radical (unpaired) electrons. The van der Waals surface area contributed by atoms with Crippen molar-refractivity contribution in [3.63, 3.8) is 0 Å². The Morgan fingerprint density at radius 3 is 2.31 bits per heavy atom. The molecule has 3 aromatic rings.